The molecule has 0 bridgehead atoms. The molecule has 1 fully saturated rings. The Morgan fingerprint density at radius 2 is 2.12 bits per heavy atom. The molecule has 1 heterocycles. The smallest absolute Gasteiger partial charge is 0.125 e. The summed E-state index contributed by atoms with van der Waals surface area (Å²) in [6, 6.07) is 4.62. The van der Waals surface area contributed by atoms with Gasteiger partial charge >= 0.3 is 0 Å². The molecule has 0 unspecified atom stereocenters. The maximum Gasteiger partial charge on any atom is 0.125 e. The second-order valence-corrected chi connectivity index (χ2v) is 3.86. The van der Waals surface area contributed by atoms with Crippen molar-refractivity contribution in [1.29, 1.82) is 0 Å². The minimum absolute atomic E-state index is 0.244. The first kappa shape index (κ1) is 10.8. The SMILES string of the molecule is [N-]=[N+]=NCc1ccc(F)cc1N1CCCC1. The van der Waals surface area contributed by atoms with E-state index < -0.39 is 0 Å². The molecular weight excluding hydrogens is 207 g/mol. The third kappa shape index (κ3) is 2.25. The highest BCUT2D eigenvalue weighted by Gasteiger charge is 2.15. The summed E-state index contributed by atoms with van der Waals surface area (Å²) in [5, 5.41) is 3.54. The lowest BCUT2D eigenvalue weighted by Crippen LogP contribution is -2.19. The second kappa shape index (κ2) is 4.86. The zero-order valence-corrected chi connectivity index (χ0v) is 8.93. The topological polar surface area (TPSA) is 52.0 Å². The van der Waals surface area contributed by atoms with E-state index in [4.69, 9.17) is 5.53 Å². The molecule has 0 N–H and O–H groups in total. The first-order chi connectivity index (χ1) is 7.81. The van der Waals surface area contributed by atoms with Gasteiger partial charge in [-0.25, -0.2) is 4.39 Å². The average molecular weight is 220 g/mol. The molecule has 0 amide bonds. The number of hydrogen-bond donors (Lipinski definition) is 0. The van der Waals surface area contributed by atoms with Crippen molar-refractivity contribution >= 4 is 5.69 Å². The Morgan fingerprint density at radius 3 is 2.81 bits per heavy atom. The Hall–Kier alpha value is -1.74. The summed E-state index contributed by atoms with van der Waals surface area (Å²) < 4.78 is 13.2. The van der Waals surface area contributed by atoms with E-state index in [0.717, 1.165) is 37.2 Å². The van der Waals surface area contributed by atoms with Gasteiger partial charge in [0.25, 0.3) is 0 Å². The number of azide groups is 1. The van der Waals surface area contributed by atoms with Gasteiger partial charge < -0.3 is 4.90 Å². The van der Waals surface area contributed by atoms with Crippen molar-refractivity contribution in [2.75, 3.05) is 18.0 Å². The van der Waals surface area contributed by atoms with Crippen LogP contribution in [0.15, 0.2) is 23.3 Å². The Labute approximate surface area is 93.3 Å². The molecule has 0 aliphatic carbocycles. The van der Waals surface area contributed by atoms with Crippen molar-refractivity contribution in [2.24, 2.45) is 5.11 Å². The highest BCUT2D eigenvalue weighted by Crippen LogP contribution is 2.26. The summed E-state index contributed by atoms with van der Waals surface area (Å²) in [4.78, 5) is 4.88. The number of anilines is 1. The number of nitrogens with zero attached hydrogens (tertiary/aromatic N) is 4. The molecule has 0 aromatic heterocycles. The monoisotopic (exact) mass is 220 g/mol. The van der Waals surface area contributed by atoms with Crippen molar-refractivity contribution in [2.45, 2.75) is 19.4 Å². The lowest BCUT2D eigenvalue weighted by atomic mass is 10.1. The van der Waals surface area contributed by atoms with Crippen LogP contribution in [0.3, 0.4) is 0 Å². The molecule has 1 aromatic rings. The molecule has 1 aliphatic rings. The molecule has 0 spiro atoms. The number of benzene rings is 1. The predicted molar refractivity (Wildman–Crippen MR) is 60.7 cm³/mol. The highest BCUT2D eigenvalue weighted by molar-refractivity contribution is 5.54. The van der Waals surface area contributed by atoms with Crippen LogP contribution >= 0.6 is 0 Å². The van der Waals surface area contributed by atoms with Crippen molar-refractivity contribution in [3.8, 4) is 0 Å². The normalized spacial score (nSPS) is 14.9. The van der Waals surface area contributed by atoms with Crippen LogP contribution in [-0.4, -0.2) is 13.1 Å². The van der Waals surface area contributed by atoms with Gasteiger partial charge in [-0.05, 0) is 36.1 Å². The summed E-state index contributed by atoms with van der Waals surface area (Å²) in [5.41, 5.74) is 10.1. The quantitative estimate of drug-likeness (QED) is 0.438. The Bertz CT molecular complexity index is 420. The van der Waals surface area contributed by atoms with E-state index in [9.17, 15) is 4.39 Å². The van der Waals surface area contributed by atoms with Crippen molar-refractivity contribution in [3.63, 3.8) is 0 Å². The third-order valence-corrected chi connectivity index (χ3v) is 2.80. The van der Waals surface area contributed by atoms with E-state index in [-0.39, 0.29) is 12.4 Å². The molecule has 1 aliphatic heterocycles. The van der Waals surface area contributed by atoms with Gasteiger partial charge in [0.2, 0.25) is 0 Å². The fourth-order valence-corrected chi connectivity index (χ4v) is 2.03. The first-order valence-corrected chi connectivity index (χ1v) is 5.35. The van der Waals surface area contributed by atoms with Crippen LogP contribution in [0.1, 0.15) is 18.4 Å². The van der Waals surface area contributed by atoms with Crippen LogP contribution in [-0.2, 0) is 6.54 Å². The third-order valence-electron chi connectivity index (χ3n) is 2.80. The highest BCUT2D eigenvalue weighted by atomic mass is 19.1. The van der Waals surface area contributed by atoms with Gasteiger partial charge in [-0.2, -0.15) is 0 Å². The fraction of sp³-hybridized carbons (Fsp3) is 0.455. The molecule has 0 radical (unpaired) electrons. The van der Waals surface area contributed by atoms with Gasteiger partial charge in [-0.1, -0.05) is 11.2 Å². The van der Waals surface area contributed by atoms with Gasteiger partial charge in [0.1, 0.15) is 5.82 Å². The van der Waals surface area contributed by atoms with E-state index in [0.29, 0.717) is 0 Å². The van der Waals surface area contributed by atoms with E-state index in [1.165, 1.54) is 12.1 Å². The summed E-state index contributed by atoms with van der Waals surface area (Å²) in [6.07, 6.45) is 2.27. The van der Waals surface area contributed by atoms with Crippen molar-refractivity contribution < 1.29 is 4.39 Å². The van der Waals surface area contributed by atoms with Crippen LogP contribution in [0, 0.1) is 5.82 Å². The number of halogens is 1. The molecule has 84 valence electrons. The van der Waals surface area contributed by atoms with Crippen LogP contribution in [0.2, 0.25) is 0 Å². The van der Waals surface area contributed by atoms with Gasteiger partial charge in [0, 0.05) is 23.7 Å². The van der Waals surface area contributed by atoms with Gasteiger partial charge in [-0.15, -0.1) is 0 Å². The zero-order chi connectivity index (χ0) is 11.4. The van der Waals surface area contributed by atoms with E-state index in [2.05, 4.69) is 14.9 Å². The maximum atomic E-state index is 13.2. The lowest BCUT2D eigenvalue weighted by molar-refractivity contribution is 0.626. The van der Waals surface area contributed by atoms with Gasteiger partial charge in [0.05, 0.1) is 6.54 Å². The molecular formula is C11H13FN4. The second-order valence-electron chi connectivity index (χ2n) is 3.86. The van der Waals surface area contributed by atoms with E-state index in [1.807, 2.05) is 0 Å². The number of hydrogen-bond acceptors (Lipinski definition) is 2. The largest absolute Gasteiger partial charge is 0.371 e. The fourth-order valence-electron chi connectivity index (χ4n) is 2.03. The molecule has 16 heavy (non-hydrogen) atoms. The first-order valence-electron chi connectivity index (χ1n) is 5.35. The molecule has 2 rings (SSSR count). The van der Waals surface area contributed by atoms with Crippen LogP contribution < -0.4 is 4.90 Å². The Kier molecular flexibility index (Phi) is 3.27. The van der Waals surface area contributed by atoms with Crippen LogP contribution in [0.4, 0.5) is 10.1 Å². The summed E-state index contributed by atoms with van der Waals surface area (Å²) in [6.45, 7) is 2.18. The summed E-state index contributed by atoms with van der Waals surface area (Å²) in [7, 11) is 0. The standard InChI is InChI=1S/C11H13FN4/c12-10-4-3-9(8-14-15-13)11(7-10)16-5-1-2-6-16/h3-4,7H,1-2,5-6,8H2. The molecule has 4 nitrogen and oxygen atoms in total. The Morgan fingerprint density at radius 1 is 1.38 bits per heavy atom. The van der Waals surface area contributed by atoms with Crippen molar-refractivity contribution in [3.05, 3.63) is 40.0 Å². The molecule has 0 saturated carbocycles. The van der Waals surface area contributed by atoms with E-state index in [1.54, 1.807) is 6.07 Å². The maximum absolute atomic E-state index is 13.2. The molecule has 0 atom stereocenters. The van der Waals surface area contributed by atoms with Crippen LogP contribution in [0.25, 0.3) is 10.4 Å². The van der Waals surface area contributed by atoms with Crippen molar-refractivity contribution in [1.82, 2.24) is 0 Å². The predicted octanol–water partition coefficient (Wildman–Crippen LogP) is 3.24. The summed E-state index contributed by atoms with van der Waals surface area (Å²) >= 11 is 0. The van der Waals surface area contributed by atoms with Crippen LogP contribution in [0.5, 0.6) is 0 Å². The van der Waals surface area contributed by atoms with Gasteiger partial charge in [0.15, 0.2) is 0 Å². The summed E-state index contributed by atoms with van der Waals surface area (Å²) in [5.74, 6) is -0.244. The lowest BCUT2D eigenvalue weighted by Gasteiger charge is -2.20. The molecule has 5 heteroatoms. The average Bonchev–Trinajstić information content (AvgIpc) is 2.80. The zero-order valence-electron chi connectivity index (χ0n) is 8.93. The minimum Gasteiger partial charge on any atom is -0.371 e. The Balaban J connectivity index is 2.31. The molecule has 1 aromatic carbocycles. The minimum atomic E-state index is -0.244. The van der Waals surface area contributed by atoms with E-state index >= 15 is 0 Å². The number of rotatable bonds is 3. The van der Waals surface area contributed by atoms with Gasteiger partial charge in [-0.3, -0.25) is 0 Å². The molecule has 1 saturated heterocycles.